The monoisotopic (exact) mass is 268 g/mol. The molecule has 0 aromatic carbocycles. The Hall–Kier alpha value is -1.59. The summed E-state index contributed by atoms with van der Waals surface area (Å²) < 4.78 is 0. The van der Waals surface area contributed by atoms with Crippen molar-refractivity contribution in [2.45, 2.75) is 26.2 Å². The maximum absolute atomic E-state index is 12.1. The quantitative estimate of drug-likeness (QED) is 0.792. The first kappa shape index (κ1) is 13.8. The molecule has 0 radical (unpaired) electrons. The minimum absolute atomic E-state index is 0.0572. The van der Waals surface area contributed by atoms with Crippen molar-refractivity contribution >= 4 is 17.8 Å². The second-order valence-corrected chi connectivity index (χ2v) is 5.20. The van der Waals surface area contributed by atoms with Gasteiger partial charge in [-0.15, -0.1) is 0 Å². The lowest BCUT2D eigenvalue weighted by molar-refractivity contribution is -0.142. The van der Waals surface area contributed by atoms with Crippen molar-refractivity contribution in [3.8, 4) is 0 Å². The Balaban J connectivity index is 1.88. The molecule has 0 spiro atoms. The zero-order valence-electron chi connectivity index (χ0n) is 11.2. The standard InChI is InChI=1S/C13H20N2O4/c1-2-11(16)14-4-3-5-15(7-6-14)12(17)9-8-10(9)13(18)19/h9-10H,2-8H2,1H3,(H,18,19)/t9-,10+/m1/s1. The number of carboxylic acids is 1. The molecular formula is C13H20N2O4. The number of hydrogen-bond donors (Lipinski definition) is 1. The fourth-order valence-corrected chi connectivity index (χ4v) is 2.59. The highest BCUT2D eigenvalue weighted by molar-refractivity contribution is 5.89. The maximum Gasteiger partial charge on any atom is 0.307 e. The van der Waals surface area contributed by atoms with Gasteiger partial charge in [-0.05, 0) is 12.8 Å². The van der Waals surface area contributed by atoms with E-state index in [9.17, 15) is 14.4 Å². The first-order valence-electron chi connectivity index (χ1n) is 6.84. The molecule has 2 rings (SSSR count). The van der Waals surface area contributed by atoms with Gasteiger partial charge in [-0.3, -0.25) is 14.4 Å². The van der Waals surface area contributed by atoms with Gasteiger partial charge < -0.3 is 14.9 Å². The molecule has 106 valence electrons. The first-order chi connectivity index (χ1) is 9.04. The molecule has 2 atom stereocenters. The lowest BCUT2D eigenvalue weighted by atomic mass is 10.2. The Morgan fingerprint density at radius 3 is 2.26 bits per heavy atom. The van der Waals surface area contributed by atoms with Gasteiger partial charge in [-0.1, -0.05) is 6.92 Å². The average molecular weight is 268 g/mol. The van der Waals surface area contributed by atoms with Gasteiger partial charge in [0, 0.05) is 32.6 Å². The summed E-state index contributed by atoms with van der Waals surface area (Å²) in [5.74, 6) is -1.66. The predicted molar refractivity (Wildman–Crippen MR) is 67.3 cm³/mol. The number of carbonyl (C=O) groups is 3. The number of carboxylic acid groups (broad SMARTS) is 1. The van der Waals surface area contributed by atoms with E-state index >= 15 is 0 Å². The molecule has 2 aliphatic rings. The van der Waals surface area contributed by atoms with Crippen LogP contribution in [0.5, 0.6) is 0 Å². The molecule has 1 aliphatic carbocycles. The van der Waals surface area contributed by atoms with Gasteiger partial charge in [-0.2, -0.15) is 0 Å². The van der Waals surface area contributed by atoms with Gasteiger partial charge in [-0.25, -0.2) is 0 Å². The van der Waals surface area contributed by atoms with E-state index in [1.54, 1.807) is 9.80 Å². The van der Waals surface area contributed by atoms with Crippen LogP contribution < -0.4 is 0 Å². The van der Waals surface area contributed by atoms with Crippen molar-refractivity contribution in [3.63, 3.8) is 0 Å². The van der Waals surface area contributed by atoms with Crippen LogP contribution in [-0.4, -0.2) is 58.9 Å². The summed E-state index contributed by atoms with van der Waals surface area (Å²) in [5, 5.41) is 8.85. The molecule has 0 bridgehead atoms. The van der Waals surface area contributed by atoms with Crippen molar-refractivity contribution in [2.24, 2.45) is 11.8 Å². The Morgan fingerprint density at radius 2 is 1.68 bits per heavy atom. The topological polar surface area (TPSA) is 77.9 Å². The van der Waals surface area contributed by atoms with Gasteiger partial charge in [0.25, 0.3) is 0 Å². The molecule has 1 saturated heterocycles. The van der Waals surface area contributed by atoms with E-state index in [0.29, 0.717) is 39.0 Å². The molecule has 2 fully saturated rings. The van der Waals surface area contributed by atoms with Crippen LogP contribution in [0.4, 0.5) is 0 Å². The molecule has 1 N–H and O–H groups in total. The SMILES string of the molecule is CCC(=O)N1CCCN(C(=O)[C@@H]2C[C@@H]2C(=O)O)CC1. The molecular weight excluding hydrogens is 248 g/mol. The number of hydrogen-bond acceptors (Lipinski definition) is 3. The number of rotatable bonds is 3. The van der Waals surface area contributed by atoms with E-state index in [0.717, 1.165) is 6.42 Å². The Morgan fingerprint density at radius 1 is 1.05 bits per heavy atom. The highest BCUT2D eigenvalue weighted by Gasteiger charge is 2.49. The molecule has 0 aromatic rings. The lowest BCUT2D eigenvalue weighted by Gasteiger charge is -2.22. The van der Waals surface area contributed by atoms with Crippen molar-refractivity contribution < 1.29 is 19.5 Å². The van der Waals surface area contributed by atoms with Crippen LogP contribution in [0.2, 0.25) is 0 Å². The summed E-state index contributed by atoms with van der Waals surface area (Å²) in [7, 11) is 0. The fraction of sp³-hybridized carbons (Fsp3) is 0.769. The number of aliphatic carboxylic acids is 1. The van der Waals surface area contributed by atoms with E-state index in [1.165, 1.54) is 0 Å². The minimum atomic E-state index is -0.879. The molecule has 1 saturated carbocycles. The van der Waals surface area contributed by atoms with Crippen molar-refractivity contribution in [1.82, 2.24) is 9.80 Å². The smallest absolute Gasteiger partial charge is 0.307 e. The lowest BCUT2D eigenvalue weighted by Crippen LogP contribution is -2.38. The molecule has 1 heterocycles. The first-order valence-corrected chi connectivity index (χ1v) is 6.84. The zero-order valence-corrected chi connectivity index (χ0v) is 11.2. The van der Waals surface area contributed by atoms with E-state index in [1.807, 2.05) is 6.92 Å². The Kier molecular flexibility index (Phi) is 4.07. The second-order valence-electron chi connectivity index (χ2n) is 5.20. The van der Waals surface area contributed by atoms with Gasteiger partial charge in [0.2, 0.25) is 11.8 Å². The van der Waals surface area contributed by atoms with E-state index in [2.05, 4.69) is 0 Å². The third kappa shape index (κ3) is 3.05. The molecule has 19 heavy (non-hydrogen) atoms. The third-order valence-electron chi connectivity index (χ3n) is 3.89. The molecule has 2 amide bonds. The van der Waals surface area contributed by atoms with Crippen LogP contribution in [0.25, 0.3) is 0 Å². The minimum Gasteiger partial charge on any atom is -0.481 e. The molecule has 0 unspecified atom stereocenters. The van der Waals surface area contributed by atoms with Gasteiger partial charge in [0.1, 0.15) is 0 Å². The largest absolute Gasteiger partial charge is 0.481 e. The highest BCUT2D eigenvalue weighted by Crippen LogP contribution is 2.40. The molecule has 1 aliphatic heterocycles. The van der Waals surface area contributed by atoms with Crippen LogP contribution in [0.3, 0.4) is 0 Å². The molecule has 6 nitrogen and oxygen atoms in total. The Labute approximate surface area is 112 Å². The van der Waals surface area contributed by atoms with E-state index in [-0.39, 0.29) is 17.7 Å². The number of nitrogens with zero attached hydrogens (tertiary/aromatic N) is 2. The molecule has 6 heteroatoms. The summed E-state index contributed by atoms with van der Waals surface area (Å²) in [6.45, 7) is 4.22. The average Bonchev–Trinajstić information content (AvgIpc) is 3.19. The summed E-state index contributed by atoms with van der Waals surface area (Å²) in [6.07, 6.45) is 1.71. The molecule has 0 aromatic heterocycles. The summed E-state index contributed by atoms with van der Waals surface area (Å²) >= 11 is 0. The number of amides is 2. The Bertz CT molecular complexity index is 396. The predicted octanol–water partition coefficient (Wildman–Crippen LogP) is 0.178. The van der Waals surface area contributed by atoms with Gasteiger partial charge in [0.15, 0.2) is 0 Å². The van der Waals surface area contributed by atoms with Crippen LogP contribution >= 0.6 is 0 Å². The summed E-state index contributed by atoms with van der Waals surface area (Å²) in [4.78, 5) is 38.1. The summed E-state index contributed by atoms with van der Waals surface area (Å²) in [5.41, 5.74) is 0. The highest BCUT2D eigenvalue weighted by atomic mass is 16.4. The van der Waals surface area contributed by atoms with Crippen LogP contribution in [-0.2, 0) is 14.4 Å². The van der Waals surface area contributed by atoms with Crippen LogP contribution in [0.15, 0.2) is 0 Å². The van der Waals surface area contributed by atoms with Crippen LogP contribution in [0.1, 0.15) is 26.2 Å². The van der Waals surface area contributed by atoms with E-state index < -0.39 is 11.9 Å². The van der Waals surface area contributed by atoms with Crippen molar-refractivity contribution in [2.75, 3.05) is 26.2 Å². The fourth-order valence-electron chi connectivity index (χ4n) is 2.59. The van der Waals surface area contributed by atoms with Crippen molar-refractivity contribution in [1.29, 1.82) is 0 Å². The maximum atomic E-state index is 12.1. The third-order valence-corrected chi connectivity index (χ3v) is 3.89. The van der Waals surface area contributed by atoms with Crippen LogP contribution in [0, 0.1) is 11.8 Å². The van der Waals surface area contributed by atoms with Gasteiger partial charge >= 0.3 is 5.97 Å². The van der Waals surface area contributed by atoms with Gasteiger partial charge in [0.05, 0.1) is 11.8 Å². The zero-order chi connectivity index (χ0) is 14.0. The number of carbonyl (C=O) groups excluding carboxylic acids is 2. The second kappa shape index (κ2) is 5.59. The van der Waals surface area contributed by atoms with E-state index in [4.69, 9.17) is 5.11 Å². The normalized spacial score (nSPS) is 26.8. The van der Waals surface area contributed by atoms with Crippen molar-refractivity contribution in [3.05, 3.63) is 0 Å². The summed E-state index contributed by atoms with van der Waals surface area (Å²) in [6, 6.07) is 0.